The Bertz CT molecular complexity index is 1000. The topological polar surface area (TPSA) is 111 Å². The number of anilines is 2. The summed E-state index contributed by atoms with van der Waals surface area (Å²) in [7, 11) is -2.24. The van der Waals surface area contributed by atoms with Gasteiger partial charge in [0.05, 0.1) is 22.9 Å². The summed E-state index contributed by atoms with van der Waals surface area (Å²) in [5.41, 5.74) is 0.844. The van der Waals surface area contributed by atoms with Crippen molar-refractivity contribution in [1.82, 2.24) is 0 Å². The number of methoxy groups -OCH3 is 1. The van der Waals surface area contributed by atoms with Gasteiger partial charge in [0.2, 0.25) is 5.91 Å². The molecule has 0 saturated heterocycles. The van der Waals surface area contributed by atoms with Gasteiger partial charge in [0.25, 0.3) is 5.91 Å². The van der Waals surface area contributed by atoms with Crippen LogP contribution in [0, 0.1) is 0 Å². The Morgan fingerprint density at radius 1 is 1.25 bits per heavy atom. The summed E-state index contributed by atoms with van der Waals surface area (Å²) in [5.74, 6) is 0.283. The molecule has 0 saturated carbocycles. The van der Waals surface area contributed by atoms with E-state index < -0.39 is 21.0 Å². The van der Waals surface area contributed by atoms with Crippen LogP contribution in [0.1, 0.15) is 13.3 Å². The third kappa shape index (κ3) is 4.25. The van der Waals surface area contributed by atoms with Crippen LogP contribution in [0.5, 0.6) is 11.5 Å². The molecule has 3 rings (SSSR count). The largest absolute Gasteiger partial charge is 0.497 e. The lowest BCUT2D eigenvalue weighted by atomic mass is 10.2. The minimum atomic E-state index is -3.78. The highest BCUT2D eigenvalue weighted by atomic mass is 32.2. The van der Waals surface area contributed by atoms with E-state index in [4.69, 9.17) is 9.47 Å². The van der Waals surface area contributed by atoms with Crippen molar-refractivity contribution in [3.63, 3.8) is 0 Å². The molecule has 1 heterocycles. The summed E-state index contributed by atoms with van der Waals surface area (Å²) in [4.78, 5) is 23.7. The van der Waals surface area contributed by atoms with E-state index in [0.717, 1.165) is 0 Å². The summed E-state index contributed by atoms with van der Waals surface area (Å²) in [6, 6.07) is 11.0. The van der Waals surface area contributed by atoms with E-state index in [2.05, 4.69) is 10.6 Å². The molecular weight excluding hydrogens is 384 g/mol. The summed E-state index contributed by atoms with van der Waals surface area (Å²) < 4.78 is 35.9. The molecule has 28 heavy (non-hydrogen) atoms. The fourth-order valence-electron chi connectivity index (χ4n) is 2.73. The van der Waals surface area contributed by atoms with Crippen LogP contribution in [0.25, 0.3) is 0 Å². The van der Waals surface area contributed by atoms with Gasteiger partial charge in [0.1, 0.15) is 11.5 Å². The highest BCUT2D eigenvalue weighted by Gasteiger charge is 2.27. The first-order valence-electron chi connectivity index (χ1n) is 8.54. The van der Waals surface area contributed by atoms with Gasteiger partial charge in [-0.3, -0.25) is 9.59 Å². The number of ether oxygens (including phenoxy) is 2. The molecule has 0 spiro atoms. The molecule has 8 nitrogen and oxygen atoms in total. The van der Waals surface area contributed by atoms with Gasteiger partial charge in [-0.2, -0.15) is 0 Å². The number of hydrogen-bond acceptors (Lipinski definition) is 6. The van der Waals surface area contributed by atoms with E-state index in [1.807, 2.05) is 0 Å². The molecule has 0 aromatic heterocycles. The van der Waals surface area contributed by atoms with Crippen molar-refractivity contribution < 1.29 is 27.5 Å². The maximum atomic E-state index is 12.8. The third-order valence-corrected chi connectivity index (χ3v) is 6.43. The SMILES string of the molecule is COc1ccc(NC(=O)C[C@@H](C)S(=O)(=O)c2ccc3c(c2)NC(=O)CO3)cc1. The fraction of sp³-hybridized carbons (Fsp3) is 0.263. The Labute approximate surface area is 162 Å². The summed E-state index contributed by atoms with van der Waals surface area (Å²) in [6.07, 6.45) is -0.214. The second kappa shape index (κ2) is 7.89. The Kier molecular flexibility index (Phi) is 5.55. The number of fused-ring (bicyclic) bond motifs is 1. The lowest BCUT2D eigenvalue weighted by Gasteiger charge is -2.19. The van der Waals surface area contributed by atoms with Crippen molar-refractivity contribution >= 4 is 33.0 Å². The zero-order valence-corrected chi connectivity index (χ0v) is 16.2. The lowest BCUT2D eigenvalue weighted by molar-refractivity contribution is -0.118. The van der Waals surface area contributed by atoms with Crippen molar-refractivity contribution in [3.05, 3.63) is 42.5 Å². The van der Waals surface area contributed by atoms with Gasteiger partial charge in [-0.1, -0.05) is 0 Å². The minimum Gasteiger partial charge on any atom is -0.497 e. The van der Waals surface area contributed by atoms with Gasteiger partial charge in [0, 0.05) is 12.1 Å². The Morgan fingerprint density at radius 2 is 1.96 bits per heavy atom. The van der Waals surface area contributed by atoms with Crippen LogP contribution in [-0.2, 0) is 19.4 Å². The van der Waals surface area contributed by atoms with E-state index in [1.54, 1.807) is 31.4 Å². The van der Waals surface area contributed by atoms with Gasteiger partial charge in [-0.05, 0) is 49.4 Å². The van der Waals surface area contributed by atoms with Crippen molar-refractivity contribution in [2.75, 3.05) is 24.4 Å². The third-order valence-electron chi connectivity index (χ3n) is 4.29. The number of carbonyl (C=O) groups is 2. The van der Waals surface area contributed by atoms with Gasteiger partial charge >= 0.3 is 0 Å². The molecule has 2 amide bonds. The normalized spacial score (nSPS) is 14.3. The number of nitrogens with one attached hydrogen (secondary N) is 2. The van der Waals surface area contributed by atoms with E-state index in [9.17, 15) is 18.0 Å². The molecule has 148 valence electrons. The van der Waals surface area contributed by atoms with Crippen LogP contribution in [-0.4, -0.2) is 39.2 Å². The van der Waals surface area contributed by atoms with E-state index in [-0.39, 0.29) is 23.8 Å². The fourth-order valence-corrected chi connectivity index (χ4v) is 4.10. The van der Waals surface area contributed by atoms with Crippen LogP contribution < -0.4 is 20.1 Å². The first-order chi connectivity index (χ1) is 13.3. The number of carbonyl (C=O) groups excluding carboxylic acids is 2. The molecule has 0 bridgehead atoms. The van der Waals surface area contributed by atoms with Crippen LogP contribution in [0.4, 0.5) is 11.4 Å². The van der Waals surface area contributed by atoms with Crippen molar-refractivity contribution in [2.24, 2.45) is 0 Å². The van der Waals surface area contributed by atoms with Gasteiger partial charge in [0.15, 0.2) is 16.4 Å². The van der Waals surface area contributed by atoms with Crippen molar-refractivity contribution in [1.29, 1.82) is 0 Å². The molecule has 0 fully saturated rings. The molecule has 1 aliphatic heterocycles. The maximum Gasteiger partial charge on any atom is 0.262 e. The Morgan fingerprint density at radius 3 is 2.64 bits per heavy atom. The quantitative estimate of drug-likeness (QED) is 0.764. The monoisotopic (exact) mass is 404 g/mol. The highest BCUT2D eigenvalue weighted by Crippen LogP contribution is 2.31. The molecule has 2 aromatic rings. The van der Waals surface area contributed by atoms with Crippen LogP contribution in [0.2, 0.25) is 0 Å². The van der Waals surface area contributed by atoms with Gasteiger partial charge in [-0.25, -0.2) is 8.42 Å². The van der Waals surface area contributed by atoms with Gasteiger partial charge < -0.3 is 20.1 Å². The molecule has 1 atom stereocenters. The molecule has 1 aliphatic rings. The zero-order chi connectivity index (χ0) is 20.3. The number of hydrogen-bond donors (Lipinski definition) is 2. The number of amides is 2. The summed E-state index contributed by atoms with van der Waals surface area (Å²) >= 11 is 0. The molecule has 0 unspecified atom stereocenters. The number of sulfone groups is 1. The first kappa shape index (κ1) is 19.7. The molecule has 2 N–H and O–H groups in total. The molecule has 0 radical (unpaired) electrons. The van der Waals surface area contributed by atoms with Crippen LogP contribution >= 0.6 is 0 Å². The average molecular weight is 404 g/mol. The van der Waals surface area contributed by atoms with E-state index in [1.165, 1.54) is 25.1 Å². The molecule has 2 aromatic carbocycles. The smallest absolute Gasteiger partial charge is 0.262 e. The van der Waals surface area contributed by atoms with Crippen LogP contribution in [0.3, 0.4) is 0 Å². The predicted molar refractivity (Wildman–Crippen MR) is 103 cm³/mol. The van der Waals surface area contributed by atoms with Crippen molar-refractivity contribution in [2.45, 2.75) is 23.5 Å². The second-order valence-electron chi connectivity index (χ2n) is 6.33. The molecular formula is C19H20N2O6S. The Hall–Kier alpha value is -3.07. The number of benzene rings is 2. The van der Waals surface area contributed by atoms with Gasteiger partial charge in [-0.15, -0.1) is 0 Å². The molecule has 0 aliphatic carbocycles. The second-order valence-corrected chi connectivity index (χ2v) is 8.70. The zero-order valence-electron chi connectivity index (χ0n) is 15.4. The maximum absolute atomic E-state index is 12.8. The lowest BCUT2D eigenvalue weighted by Crippen LogP contribution is -2.27. The summed E-state index contributed by atoms with van der Waals surface area (Å²) in [5, 5.41) is 4.29. The van der Waals surface area contributed by atoms with Crippen molar-refractivity contribution in [3.8, 4) is 11.5 Å². The van der Waals surface area contributed by atoms with Crippen LogP contribution in [0.15, 0.2) is 47.4 Å². The highest BCUT2D eigenvalue weighted by molar-refractivity contribution is 7.92. The molecule has 9 heteroatoms. The first-order valence-corrected chi connectivity index (χ1v) is 10.1. The predicted octanol–water partition coefficient (Wildman–Crippen LogP) is 2.22. The van der Waals surface area contributed by atoms with E-state index >= 15 is 0 Å². The standard InChI is InChI=1S/C19H20N2O6S/c1-12(9-18(22)20-13-3-5-14(26-2)6-4-13)28(24,25)15-7-8-17-16(10-15)21-19(23)11-27-17/h3-8,10,12H,9,11H2,1-2H3,(H,20,22)(H,21,23)/t12-/m1/s1. The summed E-state index contributed by atoms with van der Waals surface area (Å²) in [6.45, 7) is 1.36. The number of rotatable bonds is 6. The van der Waals surface area contributed by atoms with E-state index in [0.29, 0.717) is 22.9 Å². The minimum absolute atomic E-state index is 0.0156. The Balaban J connectivity index is 1.70. The average Bonchev–Trinajstić information content (AvgIpc) is 2.67.